The number of carbonyl (C=O) groups is 1. The number of nitrogens with zero attached hydrogens (tertiary/aromatic N) is 1. The second kappa shape index (κ2) is 7.45. The van der Waals surface area contributed by atoms with E-state index in [0.717, 1.165) is 17.3 Å². The second-order valence-corrected chi connectivity index (χ2v) is 4.46. The fourth-order valence-electron chi connectivity index (χ4n) is 1.50. The molecule has 0 bridgehead atoms. The number of benzene rings is 1. The summed E-state index contributed by atoms with van der Waals surface area (Å²) in [6.07, 6.45) is 0.859. The third-order valence-corrected chi connectivity index (χ3v) is 3.19. The van der Waals surface area contributed by atoms with Crippen LogP contribution in [0.3, 0.4) is 0 Å². The Morgan fingerprint density at radius 2 is 2.00 bits per heavy atom. The highest BCUT2D eigenvalue weighted by Gasteiger charge is 2.10. The largest absolute Gasteiger partial charge is 0.385 e. The summed E-state index contributed by atoms with van der Waals surface area (Å²) in [4.78, 5) is 13.7. The highest BCUT2D eigenvalue weighted by Crippen LogP contribution is 2.09. The minimum atomic E-state index is 0.0576. The van der Waals surface area contributed by atoms with E-state index in [4.69, 9.17) is 4.74 Å². The number of hydrogen-bond donors (Lipinski definition) is 0. The molecule has 0 aliphatic rings. The van der Waals surface area contributed by atoms with Gasteiger partial charge in [-0.2, -0.15) is 0 Å². The molecule has 0 atom stereocenters. The molecule has 17 heavy (non-hydrogen) atoms. The van der Waals surface area contributed by atoms with E-state index >= 15 is 0 Å². The maximum Gasteiger partial charge on any atom is 0.253 e. The molecule has 1 aromatic rings. The van der Waals surface area contributed by atoms with Gasteiger partial charge in [0.1, 0.15) is 0 Å². The molecule has 0 aliphatic heterocycles. The van der Waals surface area contributed by atoms with Crippen molar-refractivity contribution in [2.75, 3.05) is 27.3 Å². The Labute approximate surface area is 111 Å². The topological polar surface area (TPSA) is 29.5 Å². The number of methoxy groups -OCH3 is 1. The molecule has 1 rings (SSSR count). The van der Waals surface area contributed by atoms with Crippen LogP contribution in [0.15, 0.2) is 24.3 Å². The third-order valence-electron chi connectivity index (χ3n) is 2.54. The van der Waals surface area contributed by atoms with Crippen LogP contribution in [0.1, 0.15) is 22.3 Å². The van der Waals surface area contributed by atoms with Crippen LogP contribution in [-0.4, -0.2) is 38.1 Å². The van der Waals surface area contributed by atoms with Crippen molar-refractivity contribution in [3.63, 3.8) is 0 Å². The van der Waals surface area contributed by atoms with Crippen molar-refractivity contribution >= 4 is 21.8 Å². The van der Waals surface area contributed by atoms with Gasteiger partial charge in [-0.25, -0.2) is 0 Å². The zero-order chi connectivity index (χ0) is 12.7. The van der Waals surface area contributed by atoms with Crippen molar-refractivity contribution < 1.29 is 9.53 Å². The van der Waals surface area contributed by atoms with Crippen molar-refractivity contribution in [3.8, 4) is 0 Å². The number of alkyl halides is 1. The van der Waals surface area contributed by atoms with Gasteiger partial charge in [-0.3, -0.25) is 4.79 Å². The first kappa shape index (κ1) is 14.2. The highest BCUT2D eigenvalue weighted by molar-refractivity contribution is 9.08. The van der Waals surface area contributed by atoms with Crippen LogP contribution in [0.2, 0.25) is 0 Å². The molecule has 0 saturated heterocycles. The van der Waals surface area contributed by atoms with E-state index in [1.165, 1.54) is 5.56 Å². The lowest BCUT2D eigenvalue weighted by Gasteiger charge is -2.17. The van der Waals surface area contributed by atoms with Gasteiger partial charge in [0, 0.05) is 38.2 Å². The molecular formula is C13H18BrNO2. The quantitative estimate of drug-likeness (QED) is 0.597. The average Bonchev–Trinajstić information content (AvgIpc) is 2.38. The number of amides is 1. The molecule has 0 N–H and O–H groups in total. The first-order chi connectivity index (χ1) is 8.19. The smallest absolute Gasteiger partial charge is 0.253 e. The zero-order valence-corrected chi connectivity index (χ0v) is 11.9. The lowest BCUT2D eigenvalue weighted by atomic mass is 10.1. The first-order valence-electron chi connectivity index (χ1n) is 5.58. The van der Waals surface area contributed by atoms with Gasteiger partial charge in [0.25, 0.3) is 5.91 Å². The Balaban J connectivity index is 2.55. The molecule has 0 saturated carbocycles. The summed E-state index contributed by atoms with van der Waals surface area (Å²) in [6.45, 7) is 1.40. The van der Waals surface area contributed by atoms with Gasteiger partial charge < -0.3 is 9.64 Å². The number of halogens is 1. The van der Waals surface area contributed by atoms with Crippen LogP contribution >= 0.6 is 15.9 Å². The molecule has 3 nitrogen and oxygen atoms in total. The summed E-state index contributed by atoms with van der Waals surface area (Å²) in [5.41, 5.74) is 1.90. The molecule has 1 amide bonds. The molecule has 0 unspecified atom stereocenters. The monoisotopic (exact) mass is 299 g/mol. The lowest BCUT2D eigenvalue weighted by Crippen LogP contribution is -2.28. The molecule has 4 heteroatoms. The molecule has 1 aromatic carbocycles. The average molecular weight is 300 g/mol. The predicted molar refractivity (Wildman–Crippen MR) is 72.5 cm³/mol. The molecule has 0 heterocycles. The second-order valence-electron chi connectivity index (χ2n) is 3.90. The minimum absolute atomic E-state index is 0.0576. The van der Waals surface area contributed by atoms with E-state index in [1.54, 1.807) is 12.0 Å². The fourth-order valence-corrected chi connectivity index (χ4v) is 1.88. The molecule has 94 valence electrons. The maximum atomic E-state index is 12.0. The van der Waals surface area contributed by atoms with Crippen molar-refractivity contribution in [1.82, 2.24) is 4.90 Å². The molecular weight excluding hydrogens is 282 g/mol. The lowest BCUT2D eigenvalue weighted by molar-refractivity contribution is 0.0779. The van der Waals surface area contributed by atoms with Crippen LogP contribution < -0.4 is 0 Å². The van der Waals surface area contributed by atoms with Crippen molar-refractivity contribution in [2.45, 2.75) is 11.8 Å². The normalized spacial score (nSPS) is 10.3. The summed E-state index contributed by atoms with van der Waals surface area (Å²) < 4.78 is 4.96. The van der Waals surface area contributed by atoms with Gasteiger partial charge in [-0.15, -0.1) is 0 Å². The van der Waals surface area contributed by atoms with Crippen molar-refractivity contribution in [3.05, 3.63) is 35.4 Å². The third kappa shape index (κ3) is 4.48. The SMILES string of the molecule is COCCCN(C)C(=O)c1ccc(CBr)cc1. The van der Waals surface area contributed by atoms with Gasteiger partial charge >= 0.3 is 0 Å². The standard InChI is InChI=1S/C13H18BrNO2/c1-15(8-3-9-17-2)13(16)12-6-4-11(10-14)5-7-12/h4-7H,3,8-10H2,1-2H3. The predicted octanol–water partition coefficient (Wildman–Crippen LogP) is 2.69. The Hall–Kier alpha value is -0.870. The van der Waals surface area contributed by atoms with Gasteiger partial charge in [-0.05, 0) is 24.1 Å². The van der Waals surface area contributed by atoms with Crippen LogP contribution in [0.4, 0.5) is 0 Å². The zero-order valence-electron chi connectivity index (χ0n) is 10.3. The van der Waals surface area contributed by atoms with E-state index in [1.807, 2.05) is 31.3 Å². The molecule has 0 spiro atoms. The highest BCUT2D eigenvalue weighted by atomic mass is 79.9. The molecule has 0 aromatic heterocycles. The van der Waals surface area contributed by atoms with Crippen molar-refractivity contribution in [2.24, 2.45) is 0 Å². The Morgan fingerprint density at radius 1 is 1.35 bits per heavy atom. The number of rotatable bonds is 6. The summed E-state index contributed by atoms with van der Waals surface area (Å²) in [6, 6.07) is 7.66. The van der Waals surface area contributed by atoms with E-state index in [2.05, 4.69) is 15.9 Å². The van der Waals surface area contributed by atoms with Crippen LogP contribution in [-0.2, 0) is 10.1 Å². The van der Waals surface area contributed by atoms with Gasteiger partial charge in [0.2, 0.25) is 0 Å². The van der Waals surface area contributed by atoms with E-state index < -0.39 is 0 Å². The van der Waals surface area contributed by atoms with Crippen LogP contribution in [0.25, 0.3) is 0 Å². The van der Waals surface area contributed by atoms with E-state index in [-0.39, 0.29) is 5.91 Å². The van der Waals surface area contributed by atoms with Gasteiger partial charge in [0.15, 0.2) is 0 Å². The number of hydrogen-bond acceptors (Lipinski definition) is 2. The fraction of sp³-hybridized carbons (Fsp3) is 0.462. The molecule has 0 fully saturated rings. The number of carbonyl (C=O) groups excluding carboxylic acids is 1. The summed E-state index contributed by atoms with van der Waals surface area (Å²) >= 11 is 3.38. The summed E-state index contributed by atoms with van der Waals surface area (Å²) in [7, 11) is 3.48. The van der Waals surface area contributed by atoms with Gasteiger partial charge in [0.05, 0.1) is 0 Å². The Bertz CT molecular complexity index is 351. The molecule has 0 radical (unpaired) electrons. The maximum absolute atomic E-state index is 12.0. The van der Waals surface area contributed by atoms with Crippen LogP contribution in [0.5, 0.6) is 0 Å². The van der Waals surface area contributed by atoms with Gasteiger partial charge in [-0.1, -0.05) is 28.1 Å². The number of ether oxygens (including phenoxy) is 1. The van der Waals surface area contributed by atoms with E-state index in [0.29, 0.717) is 13.2 Å². The Kier molecular flexibility index (Phi) is 6.22. The summed E-state index contributed by atoms with van der Waals surface area (Å²) in [5, 5.41) is 0.811. The first-order valence-corrected chi connectivity index (χ1v) is 6.70. The van der Waals surface area contributed by atoms with Crippen LogP contribution in [0, 0.1) is 0 Å². The Morgan fingerprint density at radius 3 is 2.53 bits per heavy atom. The van der Waals surface area contributed by atoms with E-state index in [9.17, 15) is 4.79 Å². The summed E-state index contributed by atoms with van der Waals surface area (Å²) in [5.74, 6) is 0.0576. The molecule has 0 aliphatic carbocycles. The minimum Gasteiger partial charge on any atom is -0.385 e. The van der Waals surface area contributed by atoms with Crippen molar-refractivity contribution in [1.29, 1.82) is 0 Å².